The highest BCUT2D eigenvalue weighted by atomic mass is 32.2. The number of hydrogen-bond acceptors (Lipinski definition) is 4. The van der Waals surface area contributed by atoms with Crippen LogP contribution in [-0.4, -0.2) is 14.3 Å². The van der Waals surface area contributed by atoms with E-state index in [1.807, 2.05) is 4.72 Å². The number of hydrogen-bond donors (Lipinski definition) is 2. The van der Waals surface area contributed by atoms with E-state index in [1.165, 1.54) is 24.3 Å². The molecule has 0 spiro atoms. The van der Waals surface area contributed by atoms with Crippen molar-refractivity contribution in [1.29, 1.82) is 0 Å². The van der Waals surface area contributed by atoms with Gasteiger partial charge in [0.05, 0.1) is 4.90 Å². The molecule has 0 saturated carbocycles. The molecular formula is C9H12N2O3S. The van der Waals surface area contributed by atoms with Crippen LogP contribution in [0.2, 0.25) is 0 Å². The molecule has 0 aliphatic heterocycles. The number of carbonyl (C=O) groups excluding carboxylic acids is 1. The number of nitrogens with two attached hydrogens (primary N) is 1. The third-order valence-electron chi connectivity index (χ3n) is 1.76. The number of anilines is 1. The summed E-state index contributed by atoms with van der Waals surface area (Å²) < 4.78 is 25.0. The van der Waals surface area contributed by atoms with Gasteiger partial charge in [-0.2, -0.15) is 0 Å². The molecule has 0 fully saturated rings. The van der Waals surface area contributed by atoms with Crippen molar-refractivity contribution >= 4 is 21.6 Å². The van der Waals surface area contributed by atoms with Gasteiger partial charge in [0.1, 0.15) is 0 Å². The topological polar surface area (TPSA) is 89.3 Å². The summed E-state index contributed by atoms with van der Waals surface area (Å²) in [6.07, 6.45) is 0.119. The first kappa shape index (κ1) is 11.5. The summed E-state index contributed by atoms with van der Waals surface area (Å²) in [5.41, 5.74) is 5.88. The van der Waals surface area contributed by atoms with Crippen LogP contribution in [0.15, 0.2) is 29.2 Å². The molecule has 82 valence electrons. The van der Waals surface area contributed by atoms with E-state index in [4.69, 9.17) is 5.73 Å². The van der Waals surface area contributed by atoms with Crippen LogP contribution in [0.3, 0.4) is 0 Å². The number of carbonyl (C=O) groups is 1. The van der Waals surface area contributed by atoms with E-state index in [2.05, 4.69) is 0 Å². The Morgan fingerprint density at radius 2 is 1.87 bits per heavy atom. The van der Waals surface area contributed by atoms with E-state index in [9.17, 15) is 13.2 Å². The van der Waals surface area contributed by atoms with Crippen molar-refractivity contribution < 1.29 is 13.2 Å². The van der Waals surface area contributed by atoms with Crippen LogP contribution in [0.5, 0.6) is 0 Å². The van der Waals surface area contributed by atoms with Gasteiger partial charge in [-0.3, -0.25) is 4.79 Å². The van der Waals surface area contributed by atoms with E-state index < -0.39 is 15.9 Å². The molecule has 0 aliphatic carbocycles. The Hall–Kier alpha value is -1.56. The molecule has 0 saturated heterocycles. The lowest BCUT2D eigenvalue weighted by atomic mass is 10.3. The molecule has 0 heterocycles. The number of sulfonamides is 1. The molecule has 5 nitrogen and oxygen atoms in total. The average molecular weight is 228 g/mol. The fourth-order valence-electron chi connectivity index (χ4n) is 0.928. The van der Waals surface area contributed by atoms with Crippen molar-refractivity contribution in [2.24, 2.45) is 0 Å². The lowest BCUT2D eigenvalue weighted by Gasteiger charge is -2.05. The first-order valence-corrected chi connectivity index (χ1v) is 5.85. The van der Waals surface area contributed by atoms with E-state index >= 15 is 0 Å². The van der Waals surface area contributed by atoms with E-state index in [1.54, 1.807) is 6.92 Å². The molecular weight excluding hydrogens is 216 g/mol. The third kappa shape index (κ3) is 2.95. The SMILES string of the molecule is CCC(=O)NS(=O)(=O)c1ccc(N)cc1. The minimum atomic E-state index is -3.74. The molecule has 0 radical (unpaired) electrons. The van der Waals surface area contributed by atoms with Crippen molar-refractivity contribution in [2.45, 2.75) is 18.2 Å². The Morgan fingerprint density at radius 1 is 1.33 bits per heavy atom. The molecule has 1 aromatic rings. The minimum Gasteiger partial charge on any atom is -0.399 e. The van der Waals surface area contributed by atoms with Gasteiger partial charge in [-0.25, -0.2) is 13.1 Å². The van der Waals surface area contributed by atoms with Gasteiger partial charge < -0.3 is 5.73 Å². The largest absolute Gasteiger partial charge is 0.399 e. The van der Waals surface area contributed by atoms with Gasteiger partial charge in [0.15, 0.2) is 0 Å². The van der Waals surface area contributed by atoms with E-state index in [-0.39, 0.29) is 11.3 Å². The molecule has 0 bridgehead atoms. The number of benzene rings is 1. The summed E-state index contributed by atoms with van der Waals surface area (Å²) in [7, 11) is -3.74. The minimum absolute atomic E-state index is 0.0264. The Labute approximate surface area is 88.3 Å². The summed E-state index contributed by atoms with van der Waals surface area (Å²) >= 11 is 0. The van der Waals surface area contributed by atoms with Crippen molar-refractivity contribution in [3.8, 4) is 0 Å². The zero-order chi connectivity index (χ0) is 11.5. The van der Waals surface area contributed by atoms with Crippen LogP contribution >= 0.6 is 0 Å². The fraction of sp³-hybridized carbons (Fsp3) is 0.222. The van der Waals surface area contributed by atoms with Gasteiger partial charge in [0.2, 0.25) is 5.91 Å². The van der Waals surface area contributed by atoms with Gasteiger partial charge >= 0.3 is 0 Å². The molecule has 3 N–H and O–H groups in total. The lowest BCUT2D eigenvalue weighted by Crippen LogP contribution is -2.29. The Morgan fingerprint density at radius 3 is 2.33 bits per heavy atom. The Balaban J connectivity index is 2.96. The van der Waals surface area contributed by atoms with Crippen molar-refractivity contribution in [1.82, 2.24) is 4.72 Å². The first-order chi connectivity index (χ1) is 6.95. The Bertz CT molecular complexity index is 451. The monoisotopic (exact) mass is 228 g/mol. The van der Waals surface area contributed by atoms with Crippen molar-refractivity contribution in [3.05, 3.63) is 24.3 Å². The van der Waals surface area contributed by atoms with Gasteiger partial charge in [-0.1, -0.05) is 6.92 Å². The second-order valence-electron chi connectivity index (χ2n) is 2.95. The van der Waals surface area contributed by atoms with Crippen LogP contribution in [0.25, 0.3) is 0 Å². The van der Waals surface area contributed by atoms with Crippen LogP contribution in [0, 0.1) is 0 Å². The highest BCUT2D eigenvalue weighted by Crippen LogP contribution is 2.11. The standard InChI is InChI=1S/C9H12N2O3S/c1-2-9(12)11-15(13,14)8-5-3-7(10)4-6-8/h3-6H,2,10H2,1H3,(H,11,12). The van der Waals surface area contributed by atoms with Gasteiger partial charge in [0, 0.05) is 12.1 Å². The summed E-state index contributed by atoms with van der Waals surface area (Å²) in [4.78, 5) is 11.0. The lowest BCUT2D eigenvalue weighted by molar-refractivity contribution is -0.119. The third-order valence-corrected chi connectivity index (χ3v) is 3.15. The summed E-state index contributed by atoms with van der Waals surface area (Å²) in [5, 5.41) is 0. The summed E-state index contributed by atoms with van der Waals surface area (Å²) in [6.45, 7) is 1.58. The quantitative estimate of drug-likeness (QED) is 0.736. The number of rotatable bonds is 3. The van der Waals surface area contributed by atoms with E-state index in [0.717, 1.165) is 0 Å². The zero-order valence-electron chi connectivity index (χ0n) is 8.23. The molecule has 0 unspecified atom stereocenters. The molecule has 6 heteroatoms. The van der Waals surface area contributed by atoms with Crippen LogP contribution in [-0.2, 0) is 14.8 Å². The zero-order valence-corrected chi connectivity index (χ0v) is 9.04. The van der Waals surface area contributed by atoms with Crippen molar-refractivity contribution in [3.63, 3.8) is 0 Å². The molecule has 0 atom stereocenters. The molecule has 1 rings (SSSR count). The summed E-state index contributed by atoms with van der Waals surface area (Å²) in [5.74, 6) is -0.535. The maximum Gasteiger partial charge on any atom is 0.264 e. The summed E-state index contributed by atoms with van der Waals surface area (Å²) in [6, 6.07) is 5.62. The normalized spacial score (nSPS) is 11.0. The number of amides is 1. The first-order valence-electron chi connectivity index (χ1n) is 4.37. The predicted molar refractivity (Wildman–Crippen MR) is 56.5 cm³/mol. The molecule has 1 amide bonds. The second-order valence-corrected chi connectivity index (χ2v) is 4.63. The van der Waals surface area contributed by atoms with Crippen molar-refractivity contribution in [2.75, 3.05) is 5.73 Å². The Kier molecular flexibility index (Phi) is 3.31. The maximum atomic E-state index is 11.5. The van der Waals surface area contributed by atoms with Crippen LogP contribution in [0.4, 0.5) is 5.69 Å². The van der Waals surface area contributed by atoms with Gasteiger partial charge in [0.25, 0.3) is 10.0 Å². The second kappa shape index (κ2) is 4.31. The molecule has 15 heavy (non-hydrogen) atoms. The van der Waals surface area contributed by atoms with Gasteiger partial charge in [-0.15, -0.1) is 0 Å². The smallest absolute Gasteiger partial charge is 0.264 e. The number of nitrogens with one attached hydrogen (secondary N) is 1. The highest BCUT2D eigenvalue weighted by Gasteiger charge is 2.15. The molecule has 1 aromatic carbocycles. The van der Waals surface area contributed by atoms with Crippen LogP contribution < -0.4 is 10.5 Å². The maximum absolute atomic E-state index is 11.5. The van der Waals surface area contributed by atoms with Crippen LogP contribution in [0.1, 0.15) is 13.3 Å². The highest BCUT2D eigenvalue weighted by molar-refractivity contribution is 7.90. The van der Waals surface area contributed by atoms with Gasteiger partial charge in [-0.05, 0) is 24.3 Å². The average Bonchev–Trinajstić information content (AvgIpc) is 2.17. The molecule has 0 aliphatic rings. The fourth-order valence-corrected chi connectivity index (χ4v) is 1.98. The molecule has 0 aromatic heterocycles. The van der Waals surface area contributed by atoms with E-state index in [0.29, 0.717) is 5.69 Å². The number of nitrogen functional groups attached to an aromatic ring is 1. The predicted octanol–water partition coefficient (Wildman–Crippen LogP) is 0.484.